The number of nitrogens with one attached hydrogen (secondary N) is 1. The standard InChI is InChI=1S/C37H41ClN4/c1-35(2,3)24-20-27(36(4,5)6)30(28(21-24)37(7,8)9)33-31(23-14-11-10-12-15-23)41-34(42-33)25-16-13-18-40-32(25)26-22-39-19-17-29(26)38/h10-22H,1-9H3,(H,41,42). The zero-order valence-electron chi connectivity index (χ0n) is 26.2. The Morgan fingerprint density at radius 3 is 1.88 bits per heavy atom. The molecule has 0 atom stereocenters. The molecule has 216 valence electrons. The van der Waals surface area contributed by atoms with Gasteiger partial charge in [-0.1, -0.05) is 116 Å². The maximum atomic E-state index is 6.63. The molecule has 0 fully saturated rings. The minimum Gasteiger partial charge on any atom is -0.337 e. The normalized spacial score (nSPS) is 12.5. The molecule has 5 heteroatoms. The lowest BCUT2D eigenvalue weighted by atomic mass is 9.71. The Bertz CT molecular complexity index is 1690. The van der Waals surface area contributed by atoms with Gasteiger partial charge in [0.2, 0.25) is 0 Å². The van der Waals surface area contributed by atoms with Crippen LogP contribution in [0.15, 0.2) is 79.3 Å². The summed E-state index contributed by atoms with van der Waals surface area (Å²) in [4.78, 5) is 18.2. The molecule has 0 saturated carbocycles. The SMILES string of the molecule is CC(C)(C)c1cc(C(C)(C)C)c(-c2[nH]c(-c3cccnc3-c3cnccc3Cl)nc2-c2ccccc2)c(C(C)(C)C)c1. The zero-order valence-corrected chi connectivity index (χ0v) is 27.0. The predicted octanol–water partition coefficient (Wildman–Crippen LogP) is 10.4. The van der Waals surface area contributed by atoms with E-state index in [1.807, 2.05) is 18.2 Å². The Kier molecular flexibility index (Phi) is 7.66. The molecule has 5 aromatic rings. The number of hydrogen-bond donors (Lipinski definition) is 1. The lowest BCUT2D eigenvalue weighted by Crippen LogP contribution is -2.23. The number of rotatable bonds is 4. The van der Waals surface area contributed by atoms with E-state index in [-0.39, 0.29) is 16.2 Å². The van der Waals surface area contributed by atoms with Crippen molar-refractivity contribution in [3.8, 4) is 45.2 Å². The summed E-state index contributed by atoms with van der Waals surface area (Å²) in [5.74, 6) is 0.742. The van der Waals surface area contributed by atoms with E-state index in [9.17, 15) is 0 Å². The third-order valence-electron chi connectivity index (χ3n) is 7.71. The number of aromatic amines is 1. The summed E-state index contributed by atoms with van der Waals surface area (Å²) in [5, 5.41) is 0.600. The minimum atomic E-state index is -0.113. The molecule has 0 spiro atoms. The number of H-pyrrole nitrogens is 1. The molecule has 4 nitrogen and oxygen atoms in total. The number of aromatic nitrogens is 4. The van der Waals surface area contributed by atoms with Crippen molar-refractivity contribution in [2.75, 3.05) is 0 Å². The number of pyridine rings is 2. The smallest absolute Gasteiger partial charge is 0.140 e. The van der Waals surface area contributed by atoms with Crippen LogP contribution in [0.5, 0.6) is 0 Å². The topological polar surface area (TPSA) is 54.5 Å². The van der Waals surface area contributed by atoms with Crippen molar-refractivity contribution in [1.82, 2.24) is 19.9 Å². The molecule has 1 N–H and O–H groups in total. The van der Waals surface area contributed by atoms with E-state index in [1.165, 1.54) is 22.3 Å². The highest BCUT2D eigenvalue weighted by Crippen LogP contribution is 2.46. The Morgan fingerprint density at radius 2 is 1.31 bits per heavy atom. The molecule has 0 radical (unpaired) electrons. The number of nitrogens with zero attached hydrogens (tertiary/aromatic N) is 3. The van der Waals surface area contributed by atoms with Gasteiger partial charge in [0.25, 0.3) is 0 Å². The molecule has 0 saturated heterocycles. The molecule has 5 rings (SSSR count). The summed E-state index contributed by atoms with van der Waals surface area (Å²) in [5.41, 5.74) is 10.3. The van der Waals surface area contributed by atoms with Crippen LogP contribution in [0.25, 0.3) is 45.2 Å². The summed E-state index contributed by atoms with van der Waals surface area (Å²) in [7, 11) is 0. The largest absolute Gasteiger partial charge is 0.337 e. The van der Waals surface area contributed by atoms with Crippen molar-refractivity contribution in [2.45, 2.75) is 78.6 Å². The van der Waals surface area contributed by atoms with Crippen molar-refractivity contribution in [3.63, 3.8) is 0 Å². The van der Waals surface area contributed by atoms with Gasteiger partial charge in [0.05, 0.1) is 22.1 Å². The summed E-state index contributed by atoms with van der Waals surface area (Å²) in [6.45, 7) is 20.7. The van der Waals surface area contributed by atoms with Gasteiger partial charge in [0.1, 0.15) is 5.82 Å². The fraction of sp³-hybridized carbons (Fsp3) is 0.324. The molecule has 42 heavy (non-hydrogen) atoms. The average Bonchev–Trinajstić information content (AvgIpc) is 3.37. The van der Waals surface area contributed by atoms with Gasteiger partial charge >= 0.3 is 0 Å². The first-order chi connectivity index (χ1) is 19.7. The zero-order chi connectivity index (χ0) is 30.4. The molecule has 0 amide bonds. The highest BCUT2D eigenvalue weighted by molar-refractivity contribution is 6.33. The maximum Gasteiger partial charge on any atom is 0.140 e. The van der Waals surface area contributed by atoms with E-state index in [4.69, 9.17) is 21.6 Å². The second kappa shape index (κ2) is 10.8. The fourth-order valence-corrected chi connectivity index (χ4v) is 5.57. The summed E-state index contributed by atoms with van der Waals surface area (Å²) < 4.78 is 0. The Labute approximate surface area is 255 Å². The highest BCUT2D eigenvalue weighted by Gasteiger charge is 2.32. The van der Waals surface area contributed by atoms with Gasteiger partial charge in [-0.3, -0.25) is 9.97 Å². The van der Waals surface area contributed by atoms with Gasteiger partial charge in [-0.15, -0.1) is 0 Å². The summed E-state index contributed by atoms with van der Waals surface area (Å²) >= 11 is 6.63. The van der Waals surface area contributed by atoms with Crippen LogP contribution < -0.4 is 0 Å². The van der Waals surface area contributed by atoms with Crippen LogP contribution in [0.2, 0.25) is 5.02 Å². The first-order valence-corrected chi connectivity index (χ1v) is 14.9. The number of halogens is 1. The fourth-order valence-electron chi connectivity index (χ4n) is 5.38. The third kappa shape index (κ3) is 5.78. The lowest BCUT2D eigenvalue weighted by Gasteiger charge is -2.33. The van der Waals surface area contributed by atoms with Gasteiger partial charge in [0, 0.05) is 40.8 Å². The summed E-state index contributed by atoms with van der Waals surface area (Å²) in [6, 6.07) is 21.0. The highest BCUT2D eigenvalue weighted by atomic mass is 35.5. The molecule has 0 aliphatic carbocycles. The van der Waals surface area contributed by atoms with Crippen molar-refractivity contribution in [2.24, 2.45) is 0 Å². The Balaban J connectivity index is 1.89. The van der Waals surface area contributed by atoms with Crippen LogP contribution in [-0.4, -0.2) is 19.9 Å². The lowest BCUT2D eigenvalue weighted by molar-refractivity contribution is 0.550. The number of imidazole rings is 1. The van der Waals surface area contributed by atoms with Crippen molar-refractivity contribution in [3.05, 3.63) is 101 Å². The molecule has 0 aliphatic rings. The van der Waals surface area contributed by atoms with E-state index in [0.29, 0.717) is 5.02 Å². The third-order valence-corrected chi connectivity index (χ3v) is 8.04. The quantitative estimate of drug-likeness (QED) is 0.231. The van der Waals surface area contributed by atoms with Crippen LogP contribution in [0.4, 0.5) is 0 Å². The molecular weight excluding hydrogens is 536 g/mol. The van der Waals surface area contributed by atoms with Gasteiger partial charge < -0.3 is 4.98 Å². The summed E-state index contributed by atoms with van der Waals surface area (Å²) in [6.07, 6.45) is 5.23. The van der Waals surface area contributed by atoms with E-state index in [1.54, 1.807) is 24.7 Å². The molecule has 0 aliphatic heterocycles. The first-order valence-electron chi connectivity index (χ1n) is 14.6. The van der Waals surface area contributed by atoms with Crippen LogP contribution in [0.1, 0.15) is 79.0 Å². The monoisotopic (exact) mass is 576 g/mol. The molecule has 0 bridgehead atoms. The van der Waals surface area contributed by atoms with Crippen molar-refractivity contribution < 1.29 is 0 Å². The van der Waals surface area contributed by atoms with Gasteiger partial charge in [-0.2, -0.15) is 0 Å². The van der Waals surface area contributed by atoms with E-state index < -0.39 is 0 Å². The first kappa shape index (κ1) is 29.7. The molecule has 3 heterocycles. The van der Waals surface area contributed by atoms with Crippen molar-refractivity contribution in [1.29, 1.82) is 0 Å². The maximum absolute atomic E-state index is 6.63. The molecule has 0 unspecified atom stereocenters. The van der Waals surface area contributed by atoms with E-state index in [0.717, 1.165) is 39.6 Å². The Morgan fingerprint density at radius 1 is 0.667 bits per heavy atom. The Hall–Kier alpha value is -3.76. The van der Waals surface area contributed by atoms with E-state index in [2.05, 4.69) is 109 Å². The van der Waals surface area contributed by atoms with Gasteiger partial charge in [0.15, 0.2) is 0 Å². The molecule has 3 aromatic heterocycles. The van der Waals surface area contributed by atoms with Crippen molar-refractivity contribution >= 4 is 11.6 Å². The van der Waals surface area contributed by atoms with Gasteiger partial charge in [-0.05, 0) is 51.1 Å². The second-order valence-corrected chi connectivity index (χ2v) is 14.5. The molecule has 2 aromatic carbocycles. The second-order valence-electron chi connectivity index (χ2n) is 14.1. The minimum absolute atomic E-state index is 0.00747. The van der Waals surface area contributed by atoms with Gasteiger partial charge in [-0.25, -0.2) is 4.98 Å². The average molecular weight is 577 g/mol. The van der Waals surface area contributed by atoms with Crippen LogP contribution >= 0.6 is 11.6 Å². The van der Waals surface area contributed by atoms with Crippen LogP contribution in [0.3, 0.4) is 0 Å². The number of hydrogen-bond acceptors (Lipinski definition) is 3. The van der Waals surface area contributed by atoms with E-state index >= 15 is 0 Å². The number of benzene rings is 2. The van der Waals surface area contributed by atoms with Crippen LogP contribution in [0, 0.1) is 0 Å². The molecular formula is C37H41ClN4. The van der Waals surface area contributed by atoms with Crippen LogP contribution in [-0.2, 0) is 16.2 Å². The predicted molar refractivity (Wildman–Crippen MR) is 177 cm³/mol.